The minimum Gasteiger partial charge on any atom is -0.377 e. The summed E-state index contributed by atoms with van der Waals surface area (Å²) >= 11 is 0. The predicted molar refractivity (Wildman–Crippen MR) is 89.8 cm³/mol. The monoisotopic (exact) mass is 334 g/mol. The third kappa shape index (κ3) is 5.16. The number of hydrogen-bond donors (Lipinski definition) is 0. The van der Waals surface area contributed by atoms with E-state index >= 15 is 0 Å². The molecule has 0 saturated carbocycles. The van der Waals surface area contributed by atoms with Crippen LogP contribution >= 0.6 is 0 Å². The Morgan fingerprint density at radius 2 is 1.30 bits per heavy atom. The van der Waals surface area contributed by atoms with Crippen molar-refractivity contribution in [1.82, 2.24) is 0 Å². The number of ether oxygens (including phenoxy) is 1. The Hall–Kier alpha value is -1.69. The van der Waals surface area contributed by atoms with E-state index in [2.05, 4.69) is 24.3 Å². The Morgan fingerprint density at radius 3 is 1.83 bits per heavy atom. The van der Waals surface area contributed by atoms with E-state index in [0.717, 1.165) is 17.5 Å². The molecule has 5 heteroatoms. The zero-order chi connectivity index (χ0) is 16.7. The fourth-order valence-corrected chi connectivity index (χ4v) is 3.12. The summed E-state index contributed by atoms with van der Waals surface area (Å²) < 4.78 is 33.7. The highest BCUT2D eigenvalue weighted by Crippen LogP contribution is 2.16. The van der Waals surface area contributed by atoms with Crippen LogP contribution in [0.15, 0.2) is 53.4 Å². The van der Waals surface area contributed by atoms with Gasteiger partial charge in [0, 0.05) is 6.61 Å². The predicted octanol–water partition coefficient (Wildman–Crippen LogP) is 3.54. The average molecular weight is 334 g/mol. The maximum atomic E-state index is 11.8. The van der Waals surface area contributed by atoms with Gasteiger partial charge in [0.2, 0.25) is 0 Å². The molecule has 0 aliphatic heterocycles. The molecule has 23 heavy (non-hydrogen) atoms. The minimum absolute atomic E-state index is 0.137. The first-order valence-electron chi connectivity index (χ1n) is 7.69. The second-order valence-electron chi connectivity index (χ2n) is 5.14. The molecule has 0 radical (unpaired) electrons. The molecule has 0 N–H and O–H groups in total. The van der Waals surface area contributed by atoms with Crippen LogP contribution in [0.25, 0.3) is 0 Å². The van der Waals surface area contributed by atoms with E-state index in [1.54, 1.807) is 19.1 Å². The van der Waals surface area contributed by atoms with E-state index < -0.39 is 10.1 Å². The number of rotatable bonds is 8. The minimum atomic E-state index is -3.63. The van der Waals surface area contributed by atoms with Crippen LogP contribution in [0.2, 0.25) is 0 Å². The van der Waals surface area contributed by atoms with E-state index in [1.165, 1.54) is 5.56 Å². The van der Waals surface area contributed by atoms with Crippen LogP contribution in [0.4, 0.5) is 0 Å². The van der Waals surface area contributed by atoms with Gasteiger partial charge in [0.25, 0.3) is 10.1 Å². The largest absolute Gasteiger partial charge is 0.377 e. The van der Waals surface area contributed by atoms with Gasteiger partial charge >= 0.3 is 0 Å². The van der Waals surface area contributed by atoms with Crippen molar-refractivity contribution >= 4 is 10.1 Å². The van der Waals surface area contributed by atoms with Crippen LogP contribution in [0.3, 0.4) is 0 Å². The fourth-order valence-electron chi connectivity index (χ4n) is 2.21. The molecule has 0 aliphatic rings. The van der Waals surface area contributed by atoms with Crippen molar-refractivity contribution in [3.05, 3.63) is 65.2 Å². The van der Waals surface area contributed by atoms with E-state index in [9.17, 15) is 8.42 Å². The molecular formula is C18H22O4S. The van der Waals surface area contributed by atoms with Crippen molar-refractivity contribution in [3.8, 4) is 0 Å². The van der Waals surface area contributed by atoms with Gasteiger partial charge in [0.05, 0.1) is 18.1 Å². The molecule has 124 valence electrons. The summed E-state index contributed by atoms with van der Waals surface area (Å²) in [6.45, 7) is 5.10. The first-order valence-corrected chi connectivity index (χ1v) is 9.10. The normalized spacial score (nSPS) is 11.6. The first-order chi connectivity index (χ1) is 11.0. The lowest BCUT2D eigenvalue weighted by Gasteiger charge is -2.07. The fraction of sp³-hybridized carbons (Fsp3) is 0.333. The van der Waals surface area contributed by atoms with Gasteiger partial charge in [-0.25, -0.2) is 0 Å². The first kappa shape index (κ1) is 17.7. The SMILES string of the molecule is CCOCc1ccc(Cc2ccc(S(=O)(=O)OCC)cc2)cc1. The highest BCUT2D eigenvalue weighted by Gasteiger charge is 2.13. The summed E-state index contributed by atoms with van der Waals surface area (Å²) in [7, 11) is -3.63. The summed E-state index contributed by atoms with van der Waals surface area (Å²) in [6, 6.07) is 15.1. The van der Waals surface area contributed by atoms with Gasteiger partial charge in [-0.3, -0.25) is 4.18 Å². The smallest absolute Gasteiger partial charge is 0.296 e. The molecule has 0 spiro atoms. The standard InChI is InChI=1S/C18H22O4S/c1-3-21-14-17-7-5-15(6-8-17)13-16-9-11-18(12-10-16)23(19,20)22-4-2/h5-12H,3-4,13-14H2,1-2H3. The summed E-state index contributed by atoms with van der Waals surface area (Å²) in [5.74, 6) is 0. The van der Waals surface area contributed by atoms with Gasteiger partial charge < -0.3 is 4.74 Å². The molecule has 2 rings (SSSR count). The van der Waals surface area contributed by atoms with Gasteiger partial charge in [-0.2, -0.15) is 8.42 Å². The molecule has 0 fully saturated rings. The second kappa shape index (κ2) is 8.24. The Labute approximate surface area is 138 Å². The van der Waals surface area contributed by atoms with E-state index in [4.69, 9.17) is 8.92 Å². The Bertz CT molecular complexity index is 704. The van der Waals surface area contributed by atoms with Crippen LogP contribution < -0.4 is 0 Å². The van der Waals surface area contributed by atoms with Crippen molar-refractivity contribution in [3.63, 3.8) is 0 Å². The lowest BCUT2D eigenvalue weighted by molar-refractivity contribution is 0.134. The maximum absolute atomic E-state index is 11.8. The van der Waals surface area contributed by atoms with Crippen LogP contribution in [0.5, 0.6) is 0 Å². The van der Waals surface area contributed by atoms with Crippen molar-refractivity contribution in [1.29, 1.82) is 0 Å². The van der Waals surface area contributed by atoms with Gasteiger partial charge in [-0.1, -0.05) is 36.4 Å². The molecule has 0 aromatic heterocycles. The summed E-state index contributed by atoms with van der Waals surface area (Å²) in [6.07, 6.45) is 0.754. The molecule has 0 atom stereocenters. The molecular weight excluding hydrogens is 312 g/mol. The summed E-state index contributed by atoms with van der Waals surface area (Å²) in [5, 5.41) is 0. The molecule has 2 aromatic rings. The molecule has 4 nitrogen and oxygen atoms in total. The molecule has 0 saturated heterocycles. The van der Waals surface area contributed by atoms with Crippen LogP contribution in [0.1, 0.15) is 30.5 Å². The van der Waals surface area contributed by atoms with E-state index in [0.29, 0.717) is 13.2 Å². The zero-order valence-electron chi connectivity index (χ0n) is 13.5. The average Bonchev–Trinajstić information content (AvgIpc) is 2.55. The van der Waals surface area contributed by atoms with Crippen LogP contribution in [-0.2, 0) is 32.1 Å². The molecule has 0 heterocycles. The van der Waals surface area contributed by atoms with Crippen molar-refractivity contribution in [2.45, 2.75) is 31.8 Å². The molecule has 0 bridgehead atoms. The Morgan fingerprint density at radius 1 is 0.783 bits per heavy atom. The molecule has 0 aliphatic carbocycles. The lowest BCUT2D eigenvalue weighted by Crippen LogP contribution is -2.05. The highest BCUT2D eigenvalue weighted by molar-refractivity contribution is 7.86. The summed E-state index contributed by atoms with van der Waals surface area (Å²) in [5.41, 5.74) is 3.37. The topological polar surface area (TPSA) is 52.6 Å². The second-order valence-corrected chi connectivity index (χ2v) is 6.75. The Kier molecular flexibility index (Phi) is 6.33. The number of benzene rings is 2. The van der Waals surface area contributed by atoms with Crippen LogP contribution in [-0.4, -0.2) is 21.6 Å². The molecule has 0 unspecified atom stereocenters. The van der Waals surface area contributed by atoms with Gasteiger partial charge in [-0.05, 0) is 49.1 Å². The van der Waals surface area contributed by atoms with Crippen molar-refractivity contribution in [2.24, 2.45) is 0 Å². The molecule has 2 aromatic carbocycles. The van der Waals surface area contributed by atoms with Gasteiger partial charge in [0.15, 0.2) is 0 Å². The highest BCUT2D eigenvalue weighted by atomic mass is 32.2. The maximum Gasteiger partial charge on any atom is 0.296 e. The van der Waals surface area contributed by atoms with Crippen molar-refractivity contribution in [2.75, 3.05) is 13.2 Å². The third-order valence-corrected chi connectivity index (χ3v) is 4.78. The van der Waals surface area contributed by atoms with E-state index in [-0.39, 0.29) is 11.5 Å². The Balaban J connectivity index is 2.03. The van der Waals surface area contributed by atoms with Gasteiger partial charge in [0.1, 0.15) is 0 Å². The van der Waals surface area contributed by atoms with Crippen LogP contribution in [0, 0.1) is 0 Å². The zero-order valence-corrected chi connectivity index (χ0v) is 14.3. The lowest BCUT2D eigenvalue weighted by atomic mass is 10.0. The molecule has 0 amide bonds. The van der Waals surface area contributed by atoms with Crippen molar-refractivity contribution < 1.29 is 17.3 Å². The van der Waals surface area contributed by atoms with Gasteiger partial charge in [-0.15, -0.1) is 0 Å². The third-order valence-electron chi connectivity index (χ3n) is 3.39. The number of hydrogen-bond acceptors (Lipinski definition) is 4. The summed E-state index contributed by atoms with van der Waals surface area (Å²) in [4.78, 5) is 0.190. The quantitative estimate of drug-likeness (QED) is 0.693. The van der Waals surface area contributed by atoms with E-state index in [1.807, 2.05) is 19.1 Å².